The van der Waals surface area contributed by atoms with Crippen LogP contribution in [0.2, 0.25) is 0 Å². The van der Waals surface area contributed by atoms with E-state index < -0.39 is 6.10 Å². The Morgan fingerprint density at radius 2 is 2.40 bits per heavy atom. The first-order chi connectivity index (χ1) is 7.06. The van der Waals surface area contributed by atoms with Crippen LogP contribution in [0.5, 0.6) is 0 Å². The molecule has 0 aliphatic carbocycles. The summed E-state index contributed by atoms with van der Waals surface area (Å²) in [6.45, 7) is 2.50. The molecule has 0 radical (unpaired) electrons. The highest BCUT2D eigenvalue weighted by molar-refractivity contribution is 7.10. The lowest BCUT2D eigenvalue weighted by Gasteiger charge is -2.19. The summed E-state index contributed by atoms with van der Waals surface area (Å²) >= 11 is 1.61. The number of nitrogens with zero attached hydrogens (tertiary/aromatic N) is 1. The second-order valence-corrected chi connectivity index (χ2v) is 4.47. The summed E-state index contributed by atoms with van der Waals surface area (Å²) in [4.78, 5) is 14.1. The molecule has 5 heteroatoms. The van der Waals surface area contributed by atoms with Gasteiger partial charge in [0.2, 0.25) is 0 Å². The van der Waals surface area contributed by atoms with Crippen molar-refractivity contribution in [1.29, 1.82) is 0 Å². The van der Waals surface area contributed by atoms with Crippen LogP contribution in [0.3, 0.4) is 0 Å². The Morgan fingerprint density at radius 3 is 2.87 bits per heavy atom. The summed E-state index contributed by atoms with van der Waals surface area (Å²) in [7, 11) is 1.67. The fourth-order valence-electron chi connectivity index (χ4n) is 1.21. The summed E-state index contributed by atoms with van der Waals surface area (Å²) in [6.07, 6.45) is -1.09. The van der Waals surface area contributed by atoms with Crippen LogP contribution in [-0.4, -0.2) is 35.6 Å². The van der Waals surface area contributed by atoms with E-state index >= 15 is 0 Å². The number of carbonyl (C=O) groups is 1. The number of likely N-dealkylation sites (N-methyl/N-ethyl adjacent to an activating group) is 1. The lowest BCUT2D eigenvalue weighted by atomic mass is 10.2. The Morgan fingerprint density at radius 1 is 1.73 bits per heavy atom. The summed E-state index contributed by atoms with van der Waals surface area (Å²) in [5, 5.41) is 11.3. The van der Waals surface area contributed by atoms with Crippen molar-refractivity contribution in [2.75, 3.05) is 13.6 Å². The van der Waals surface area contributed by atoms with Crippen molar-refractivity contribution in [1.82, 2.24) is 4.90 Å². The first-order valence-electron chi connectivity index (χ1n) is 4.72. The minimum absolute atomic E-state index is 0.0351. The summed E-state index contributed by atoms with van der Waals surface area (Å²) < 4.78 is 0. The van der Waals surface area contributed by atoms with Gasteiger partial charge in [0.1, 0.15) is 6.10 Å². The SMILES string of the molecule is Cc1ccsc1CN(C)C(=O)C(O)CN. The van der Waals surface area contributed by atoms with Gasteiger partial charge < -0.3 is 15.7 Å². The first kappa shape index (κ1) is 12.2. The summed E-state index contributed by atoms with van der Waals surface area (Å²) in [5.41, 5.74) is 6.39. The number of carbonyl (C=O) groups excluding carboxylic acids is 1. The number of aliphatic hydroxyl groups excluding tert-OH is 1. The van der Waals surface area contributed by atoms with Gasteiger partial charge in [-0.25, -0.2) is 0 Å². The number of nitrogens with two attached hydrogens (primary N) is 1. The van der Waals surface area contributed by atoms with E-state index in [1.54, 1.807) is 18.4 Å². The standard InChI is InChI=1S/C10H16N2O2S/c1-7-3-4-15-9(7)6-12(2)10(14)8(13)5-11/h3-4,8,13H,5-6,11H2,1-2H3. The normalized spacial score (nSPS) is 12.5. The minimum atomic E-state index is -1.09. The van der Waals surface area contributed by atoms with Gasteiger partial charge in [-0.05, 0) is 23.9 Å². The smallest absolute Gasteiger partial charge is 0.252 e. The van der Waals surface area contributed by atoms with E-state index in [9.17, 15) is 9.90 Å². The van der Waals surface area contributed by atoms with E-state index in [1.807, 2.05) is 18.4 Å². The molecule has 84 valence electrons. The molecule has 1 unspecified atom stereocenters. The lowest BCUT2D eigenvalue weighted by molar-refractivity contribution is -0.138. The molecular formula is C10H16N2O2S. The molecule has 0 aliphatic rings. The Hall–Kier alpha value is -0.910. The molecule has 1 atom stereocenters. The van der Waals surface area contributed by atoms with Crippen molar-refractivity contribution in [3.05, 3.63) is 21.9 Å². The number of hydrogen-bond acceptors (Lipinski definition) is 4. The van der Waals surface area contributed by atoms with E-state index in [2.05, 4.69) is 0 Å². The number of aliphatic hydroxyl groups is 1. The monoisotopic (exact) mass is 228 g/mol. The van der Waals surface area contributed by atoms with Gasteiger partial charge in [-0.2, -0.15) is 0 Å². The molecule has 1 rings (SSSR count). The Balaban J connectivity index is 2.60. The van der Waals surface area contributed by atoms with Crippen LogP contribution in [0.15, 0.2) is 11.4 Å². The maximum atomic E-state index is 11.5. The van der Waals surface area contributed by atoms with E-state index in [4.69, 9.17) is 5.73 Å². The average molecular weight is 228 g/mol. The van der Waals surface area contributed by atoms with Gasteiger partial charge in [-0.1, -0.05) is 0 Å². The maximum Gasteiger partial charge on any atom is 0.252 e. The summed E-state index contributed by atoms with van der Waals surface area (Å²) in [5.74, 6) is -0.328. The maximum absolute atomic E-state index is 11.5. The number of amides is 1. The van der Waals surface area contributed by atoms with Gasteiger partial charge in [-0.15, -0.1) is 11.3 Å². The van der Waals surface area contributed by atoms with E-state index in [-0.39, 0.29) is 12.5 Å². The van der Waals surface area contributed by atoms with Crippen LogP contribution in [0.25, 0.3) is 0 Å². The highest BCUT2D eigenvalue weighted by atomic mass is 32.1. The van der Waals surface area contributed by atoms with Crippen LogP contribution in [0.4, 0.5) is 0 Å². The van der Waals surface area contributed by atoms with Crippen LogP contribution >= 0.6 is 11.3 Å². The van der Waals surface area contributed by atoms with Crippen molar-refractivity contribution >= 4 is 17.2 Å². The second kappa shape index (κ2) is 5.25. The molecule has 0 bridgehead atoms. The third-order valence-electron chi connectivity index (χ3n) is 2.23. The fraction of sp³-hybridized carbons (Fsp3) is 0.500. The Bertz CT molecular complexity index is 338. The largest absolute Gasteiger partial charge is 0.382 e. The average Bonchev–Trinajstić information content (AvgIpc) is 2.62. The van der Waals surface area contributed by atoms with Crippen molar-refractivity contribution in [2.24, 2.45) is 5.73 Å². The topological polar surface area (TPSA) is 66.6 Å². The third-order valence-corrected chi connectivity index (χ3v) is 3.24. The Kier molecular flexibility index (Phi) is 4.26. The van der Waals surface area contributed by atoms with Gasteiger partial charge in [0.15, 0.2) is 0 Å². The zero-order valence-electron chi connectivity index (χ0n) is 8.93. The quantitative estimate of drug-likeness (QED) is 0.780. The molecule has 1 amide bonds. The molecule has 3 N–H and O–H groups in total. The number of aryl methyl sites for hydroxylation is 1. The third kappa shape index (κ3) is 3.02. The first-order valence-corrected chi connectivity index (χ1v) is 5.60. The molecule has 15 heavy (non-hydrogen) atoms. The molecule has 4 nitrogen and oxygen atoms in total. The van der Waals surface area contributed by atoms with Crippen LogP contribution in [0.1, 0.15) is 10.4 Å². The molecular weight excluding hydrogens is 212 g/mol. The lowest BCUT2D eigenvalue weighted by Crippen LogP contribution is -2.40. The summed E-state index contributed by atoms with van der Waals surface area (Å²) in [6, 6.07) is 2.01. The van der Waals surface area contributed by atoms with Crippen LogP contribution < -0.4 is 5.73 Å². The number of thiophene rings is 1. The molecule has 1 aromatic rings. The molecule has 0 aromatic carbocycles. The highest BCUT2D eigenvalue weighted by Crippen LogP contribution is 2.17. The van der Waals surface area contributed by atoms with E-state index in [1.165, 1.54) is 10.5 Å². The molecule has 1 heterocycles. The zero-order valence-corrected chi connectivity index (χ0v) is 9.75. The van der Waals surface area contributed by atoms with Crippen LogP contribution in [-0.2, 0) is 11.3 Å². The van der Waals surface area contributed by atoms with Gasteiger partial charge in [-0.3, -0.25) is 4.79 Å². The van der Waals surface area contributed by atoms with Crippen molar-refractivity contribution in [3.63, 3.8) is 0 Å². The van der Waals surface area contributed by atoms with E-state index in [0.29, 0.717) is 6.54 Å². The second-order valence-electron chi connectivity index (χ2n) is 3.47. The zero-order chi connectivity index (χ0) is 11.4. The molecule has 0 saturated carbocycles. The van der Waals surface area contributed by atoms with Crippen molar-refractivity contribution in [2.45, 2.75) is 19.6 Å². The fourth-order valence-corrected chi connectivity index (χ4v) is 2.17. The van der Waals surface area contributed by atoms with Gasteiger partial charge in [0.25, 0.3) is 5.91 Å². The molecule has 0 spiro atoms. The van der Waals surface area contributed by atoms with Gasteiger partial charge >= 0.3 is 0 Å². The molecule has 0 aliphatic heterocycles. The predicted molar refractivity (Wildman–Crippen MR) is 60.6 cm³/mol. The van der Waals surface area contributed by atoms with Crippen molar-refractivity contribution < 1.29 is 9.90 Å². The molecule has 1 aromatic heterocycles. The van der Waals surface area contributed by atoms with E-state index in [0.717, 1.165) is 4.88 Å². The number of rotatable bonds is 4. The highest BCUT2D eigenvalue weighted by Gasteiger charge is 2.18. The predicted octanol–water partition coefficient (Wildman–Crippen LogP) is 0.335. The minimum Gasteiger partial charge on any atom is -0.382 e. The molecule has 0 fully saturated rings. The number of hydrogen-bond donors (Lipinski definition) is 2. The Labute approximate surface area is 93.3 Å². The van der Waals surface area contributed by atoms with Gasteiger partial charge in [0.05, 0.1) is 6.54 Å². The molecule has 0 saturated heterocycles. The van der Waals surface area contributed by atoms with Crippen molar-refractivity contribution in [3.8, 4) is 0 Å². The van der Waals surface area contributed by atoms with Gasteiger partial charge in [0, 0.05) is 18.5 Å². The van der Waals surface area contributed by atoms with Crippen LogP contribution in [0, 0.1) is 6.92 Å².